The molecular weight excluding hydrogens is 367 g/mol. The van der Waals surface area contributed by atoms with Crippen molar-refractivity contribution in [3.8, 4) is 0 Å². The Kier molecular flexibility index (Phi) is 5.74. The first-order valence-electron chi connectivity index (χ1n) is 6.09. The number of hydrogen-bond acceptors (Lipinski definition) is 4. The van der Waals surface area contributed by atoms with E-state index < -0.39 is 36.7 Å². The molecule has 0 spiro atoms. The quantitative estimate of drug-likeness (QED) is 0.628. The van der Waals surface area contributed by atoms with Crippen LogP contribution in [0.2, 0.25) is 0 Å². The number of benzene rings is 1. The fourth-order valence-electron chi connectivity index (χ4n) is 1.95. The molecule has 0 radical (unpaired) electrons. The molecule has 1 atom stereocenters. The fraction of sp³-hybridized carbons (Fsp3) is 0.417. The van der Waals surface area contributed by atoms with Crippen LogP contribution in [0.15, 0.2) is 30.3 Å². The summed E-state index contributed by atoms with van der Waals surface area (Å²) < 4.78 is 100.0. The highest BCUT2D eigenvalue weighted by atomic mass is 31.2. The summed E-state index contributed by atoms with van der Waals surface area (Å²) >= 11 is 0. The van der Waals surface area contributed by atoms with Gasteiger partial charge >= 0.3 is 25.9 Å². The molecule has 0 aromatic heterocycles. The van der Waals surface area contributed by atoms with Crippen LogP contribution in [0.25, 0.3) is 0 Å². The first kappa shape index (κ1) is 20.5. The molecule has 1 aromatic rings. The Morgan fingerprint density at radius 1 is 1.00 bits per heavy atom. The molecular formula is C12H12F6NO4P. The Hall–Kier alpha value is -1.58. The van der Waals surface area contributed by atoms with E-state index in [0.29, 0.717) is 14.2 Å². The number of alkyl halides is 6. The molecule has 136 valence electrons. The normalized spacial score (nSPS) is 15.7. The molecule has 0 saturated heterocycles. The summed E-state index contributed by atoms with van der Waals surface area (Å²) in [6.07, 6.45) is -11.3. The Morgan fingerprint density at radius 3 is 1.79 bits per heavy atom. The second-order valence-corrected chi connectivity index (χ2v) is 6.78. The lowest BCUT2D eigenvalue weighted by molar-refractivity contribution is -0.198. The number of carbonyl (C=O) groups excluding carboxylic acids is 1. The van der Waals surface area contributed by atoms with E-state index >= 15 is 0 Å². The van der Waals surface area contributed by atoms with Crippen LogP contribution in [0.3, 0.4) is 0 Å². The number of amides is 1. The lowest BCUT2D eigenvalue weighted by Gasteiger charge is -2.39. The van der Waals surface area contributed by atoms with Crippen molar-refractivity contribution in [1.29, 1.82) is 0 Å². The van der Waals surface area contributed by atoms with Crippen LogP contribution in [0.4, 0.5) is 26.3 Å². The van der Waals surface area contributed by atoms with E-state index in [0.717, 1.165) is 29.6 Å². The molecule has 12 heteroatoms. The predicted octanol–water partition coefficient (Wildman–Crippen LogP) is 3.57. The Bertz CT molecular complexity index is 625. The molecule has 0 aliphatic heterocycles. The third-order valence-corrected chi connectivity index (χ3v) is 5.45. The van der Waals surface area contributed by atoms with Crippen LogP contribution in [-0.4, -0.2) is 32.5 Å². The molecule has 0 saturated carbocycles. The maximum Gasteiger partial charge on any atom is 0.471 e. The van der Waals surface area contributed by atoms with Crippen LogP contribution in [0.1, 0.15) is 5.56 Å². The molecule has 1 N–H and O–H groups in total. The Balaban J connectivity index is 3.77. The molecule has 0 aliphatic carbocycles. The summed E-state index contributed by atoms with van der Waals surface area (Å²) in [5.41, 5.74) is -0.942. The SMILES string of the molecule is COP(=O)(OC)C(NC(=O)C(F)(F)F)(c1ccccc1)C(F)(F)F. The highest BCUT2D eigenvalue weighted by Gasteiger charge is 2.71. The zero-order valence-electron chi connectivity index (χ0n) is 12.2. The summed E-state index contributed by atoms with van der Waals surface area (Å²) in [6, 6.07) is 4.89. The monoisotopic (exact) mass is 379 g/mol. The van der Waals surface area contributed by atoms with E-state index in [1.807, 2.05) is 0 Å². The topological polar surface area (TPSA) is 64.6 Å². The Morgan fingerprint density at radius 2 is 1.46 bits per heavy atom. The standard InChI is InChI=1S/C12H12F6NO4P/c1-22-24(21,23-2)10(12(16,17)18,8-6-4-3-5-7-8)19-9(20)11(13,14)15/h3-7H,1-2H3,(H,19,20). The van der Waals surface area contributed by atoms with E-state index in [2.05, 4.69) is 9.05 Å². The largest absolute Gasteiger partial charge is 0.471 e. The van der Waals surface area contributed by atoms with Crippen molar-refractivity contribution in [2.24, 2.45) is 0 Å². The molecule has 0 aliphatic rings. The van der Waals surface area contributed by atoms with Gasteiger partial charge in [-0.25, -0.2) is 0 Å². The van der Waals surface area contributed by atoms with Gasteiger partial charge < -0.3 is 14.4 Å². The van der Waals surface area contributed by atoms with Crippen molar-refractivity contribution >= 4 is 13.5 Å². The number of carbonyl (C=O) groups is 1. The fourth-order valence-corrected chi connectivity index (χ4v) is 3.66. The molecule has 0 bridgehead atoms. The summed E-state index contributed by atoms with van der Waals surface area (Å²) in [6.45, 7) is 0. The maximum absolute atomic E-state index is 13.8. The third-order valence-electron chi connectivity index (χ3n) is 3.05. The van der Waals surface area contributed by atoms with Crippen molar-refractivity contribution in [3.05, 3.63) is 35.9 Å². The van der Waals surface area contributed by atoms with Crippen molar-refractivity contribution < 1.29 is 44.7 Å². The van der Waals surface area contributed by atoms with Gasteiger partial charge in [-0.15, -0.1) is 0 Å². The van der Waals surface area contributed by atoms with Gasteiger partial charge in [-0.1, -0.05) is 30.3 Å². The molecule has 0 fully saturated rings. The number of hydrogen-bond donors (Lipinski definition) is 1. The van der Waals surface area contributed by atoms with Gasteiger partial charge in [0.1, 0.15) is 0 Å². The van der Waals surface area contributed by atoms with E-state index in [4.69, 9.17) is 0 Å². The number of rotatable bonds is 5. The molecule has 1 amide bonds. The smallest absolute Gasteiger partial charge is 0.321 e. The molecule has 1 rings (SSSR count). The van der Waals surface area contributed by atoms with Crippen molar-refractivity contribution in [1.82, 2.24) is 5.32 Å². The van der Waals surface area contributed by atoms with Crippen LogP contribution < -0.4 is 5.32 Å². The van der Waals surface area contributed by atoms with E-state index in [9.17, 15) is 35.7 Å². The van der Waals surface area contributed by atoms with Crippen LogP contribution >= 0.6 is 7.60 Å². The van der Waals surface area contributed by atoms with E-state index in [1.165, 1.54) is 6.07 Å². The van der Waals surface area contributed by atoms with E-state index in [-0.39, 0.29) is 0 Å². The third kappa shape index (κ3) is 3.42. The number of nitrogens with one attached hydrogen (secondary N) is 1. The zero-order chi connectivity index (χ0) is 18.8. The Labute approximate surface area is 132 Å². The van der Waals surface area contributed by atoms with Gasteiger partial charge in [0.05, 0.1) is 0 Å². The van der Waals surface area contributed by atoms with Gasteiger partial charge in [0.2, 0.25) is 0 Å². The lowest BCUT2D eigenvalue weighted by Crippen LogP contribution is -2.58. The summed E-state index contributed by atoms with van der Waals surface area (Å²) in [5.74, 6) is -2.95. The van der Waals surface area contributed by atoms with Gasteiger partial charge in [0, 0.05) is 14.2 Å². The van der Waals surface area contributed by atoms with Gasteiger partial charge in [0.15, 0.2) is 0 Å². The highest BCUT2D eigenvalue weighted by molar-refractivity contribution is 7.55. The van der Waals surface area contributed by atoms with Crippen molar-refractivity contribution in [2.45, 2.75) is 17.6 Å². The van der Waals surface area contributed by atoms with Gasteiger partial charge in [-0.3, -0.25) is 9.36 Å². The minimum Gasteiger partial charge on any atom is -0.321 e. The number of halogens is 6. The molecule has 1 unspecified atom stereocenters. The highest BCUT2D eigenvalue weighted by Crippen LogP contribution is 2.68. The summed E-state index contributed by atoms with van der Waals surface area (Å²) in [5, 5.41) is -3.28. The summed E-state index contributed by atoms with van der Waals surface area (Å²) in [7, 11) is -4.22. The first-order chi connectivity index (χ1) is 10.9. The van der Waals surface area contributed by atoms with Crippen molar-refractivity contribution in [3.63, 3.8) is 0 Å². The minimum absolute atomic E-state index is 0.563. The second kappa shape index (κ2) is 6.73. The summed E-state index contributed by atoms with van der Waals surface area (Å²) in [4.78, 5) is 11.2. The molecule has 24 heavy (non-hydrogen) atoms. The van der Waals surface area contributed by atoms with Crippen LogP contribution in [0, 0.1) is 0 Å². The predicted molar refractivity (Wildman–Crippen MR) is 70.0 cm³/mol. The minimum atomic E-state index is -5.66. The molecule has 1 aromatic carbocycles. The van der Waals surface area contributed by atoms with Gasteiger partial charge in [0.25, 0.3) is 5.28 Å². The molecule has 5 nitrogen and oxygen atoms in total. The van der Waals surface area contributed by atoms with Crippen LogP contribution in [-0.2, 0) is 23.7 Å². The zero-order valence-corrected chi connectivity index (χ0v) is 13.1. The van der Waals surface area contributed by atoms with Gasteiger partial charge in [-0.2, -0.15) is 26.3 Å². The second-order valence-electron chi connectivity index (χ2n) is 4.39. The molecule has 0 heterocycles. The lowest BCUT2D eigenvalue weighted by atomic mass is 10.1. The van der Waals surface area contributed by atoms with Crippen LogP contribution in [0.5, 0.6) is 0 Å². The van der Waals surface area contributed by atoms with Gasteiger partial charge in [-0.05, 0) is 5.56 Å². The average Bonchev–Trinajstić information content (AvgIpc) is 2.50. The van der Waals surface area contributed by atoms with Crippen molar-refractivity contribution in [2.75, 3.05) is 14.2 Å². The average molecular weight is 379 g/mol. The first-order valence-corrected chi connectivity index (χ1v) is 7.63. The van der Waals surface area contributed by atoms with E-state index in [1.54, 1.807) is 0 Å². The maximum atomic E-state index is 13.8.